The molecule has 0 N–H and O–H groups in total. The minimum absolute atomic E-state index is 0.277. The second-order valence-corrected chi connectivity index (χ2v) is 11.8. The van der Waals surface area contributed by atoms with Gasteiger partial charge in [-0.3, -0.25) is 4.79 Å². The molecule has 5 heteroatoms. The Balaban J connectivity index is 3.16. The van der Waals surface area contributed by atoms with Gasteiger partial charge < -0.3 is 14.4 Å². The molecule has 0 atom stereocenters. The summed E-state index contributed by atoms with van der Waals surface area (Å²) >= 11 is 0. The summed E-state index contributed by atoms with van der Waals surface area (Å²) < 4.78 is 12.2. The van der Waals surface area contributed by atoms with Crippen LogP contribution < -0.4 is 9.47 Å². The fourth-order valence-electron chi connectivity index (χ4n) is 4.49. The molecule has 0 fully saturated rings. The fraction of sp³-hybridized carbons (Fsp3) is 0.548. The number of hydrogen-bond donors (Lipinski definition) is 0. The Morgan fingerprint density at radius 3 is 1.39 bits per heavy atom. The molecule has 198 valence electrons. The molecule has 0 saturated heterocycles. The third kappa shape index (κ3) is 5.93. The van der Waals surface area contributed by atoms with Gasteiger partial charge >= 0.3 is 12.1 Å². The predicted molar refractivity (Wildman–Crippen MR) is 148 cm³/mol. The first-order valence-electron chi connectivity index (χ1n) is 12.9. The van der Waals surface area contributed by atoms with Crippen molar-refractivity contribution in [3.05, 3.63) is 45.5 Å². The Morgan fingerprint density at radius 2 is 1.08 bits per heavy atom. The van der Waals surface area contributed by atoms with E-state index in [0.29, 0.717) is 24.6 Å². The molecular weight excluding hydrogens is 450 g/mol. The quantitative estimate of drug-likeness (QED) is 0.312. The lowest BCUT2D eigenvalue weighted by Gasteiger charge is -2.31. The average molecular weight is 496 g/mol. The van der Waals surface area contributed by atoms with Gasteiger partial charge in [-0.25, -0.2) is 4.79 Å². The van der Waals surface area contributed by atoms with Gasteiger partial charge in [-0.15, -0.1) is 0 Å². The summed E-state index contributed by atoms with van der Waals surface area (Å²) in [6, 6.07) is 4.22. The number of benzene rings is 2. The number of rotatable bonds is 5. The van der Waals surface area contributed by atoms with Gasteiger partial charge in [0.1, 0.15) is 11.5 Å². The number of aryl methyl sites for hydroxylation is 2. The zero-order chi connectivity index (χ0) is 27.7. The molecule has 0 bridgehead atoms. The van der Waals surface area contributed by atoms with Crippen molar-refractivity contribution in [1.29, 1.82) is 0 Å². The lowest BCUT2D eigenvalue weighted by Crippen LogP contribution is -2.34. The Labute approximate surface area is 218 Å². The largest absolute Gasteiger partial charge is 0.426 e. The van der Waals surface area contributed by atoms with Crippen molar-refractivity contribution in [2.45, 2.75) is 101 Å². The van der Waals surface area contributed by atoms with Crippen molar-refractivity contribution in [1.82, 2.24) is 4.90 Å². The van der Waals surface area contributed by atoms with Crippen molar-refractivity contribution in [2.24, 2.45) is 0 Å². The highest BCUT2D eigenvalue weighted by atomic mass is 16.6. The van der Waals surface area contributed by atoms with E-state index in [9.17, 15) is 9.59 Å². The Morgan fingerprint density at radius 1 is 0.722 bits per heavy atom. The maximum absolute atomic E-state index is 13.3. The molecule has 2 aromatic rings. The van der Waals surface area contributed by atoms with E-state index in [1.54, 1.807) is 4.90 Å². The molecular formula is C31H45NO4. The van der Waals surface area contributed by atoms with Crippen LogP contribution in [0.2, 0.25) is 0 Å². The number of ether oxygens (including phenoxy) is 2. The number of esters is 1. The topological polar surface area (TPSA) is 55.8 Å². The minimum Gasteiger partial charge on any atom is -0.426 e. The van der Waals surface area contributed by atoms with Gasteiger partial charge in [-0.05, 0) is 74.6 Å². The summed E-state index contributed by atoms with van der Waals surface area (Å²) in [6.45, 7) is 27.3. The van der Waals surface area contributed by atoms with Crippen molar-refractivity contribution in [2.75, 3.05) is 13.1 Å². The number of carbonyl (C=O) groups is 2. The first-order valence-corrected chi connectivity index (χ1v) is 12.9. The van der Waals surface area contributed by atoms with Crippen LogP contribution in [-0.4, -0.2) is 30.1 Å². The normalized spacial score (nSPS) is 11.9. The zero-order valence-electron chi connectivity index (χ0n) is 24.6. The number of hydrogen-bond acceptors (Lipinski definition) is 4. The molecule has 5 nitrogen and oxygen atoms in total. The summed E-state index contributed by atoms with van der Waals surface area (Å²) in [5.74, 6) is 0.685. The van der Waals surface area contributed by atoms with E-state index in [1.165, 1.54) is 6.92 Å². The molecule has 0 aromatic heterocycles. The molecule has 0 spiro atoms. The second kappa shape index (κ2) is 10.7. The van der Waals surface area contributed by atoms with E-state index in [2.05, 4.69) is 67.5 Å². The maximum atomic E-state index is 13.3. The first kappa shape index (κ1) is 29.4. The van der Waals surface area contributed by atoms with Crippen molar-refractivity contribution < 1.29 is 19.1 Å². The molecule has 0 saturated carbocycles. The molecule has 36 heavy (non-hydrogen) atoms. The molecule has 0 aliphatic carbocycles. The van der Waals surface area contributed by atoms with Gasteiger partial charge in [0.25, 0.3) is 0 Å². The van der Waals surface area contributed by atoms with Crippen LogP contribution >= 0.6 is 0 Å². The van der Waals surface area contributed by atoms with Crippen molar-refractivity contribution >= 4 is 12.1 Å². The minimum atomic E-state index is -0.384. The Kier molecular flexibility index (Phi) is 8.71. The first-order chi connectivity index (χ1) is 16.4. The van der Waals surface area contributed by atoms with E-state index in [-0.39, 0.29) is 22.9 Å². The average Bonchev–Trinajstić information content (AvgIpc) is 2.73. The van der Waals surface area contributed by atoms with Crippen LogP contribution in [0.1, 0.15) is 95.7 Å². The summed E-state index contributed by atoms with van der Waals surface area (Å²) in [5.41, 5.74) is 7.09. The molecule has 0 aliphatic rings. The van der Waals surface area contributed by atoms with Crippen molar-refractivity contribution in [3.63, 3.8) is 0 Å². The lowest BCUT2D eigenvalue weighted by atomic mass is 9.77. The maximum Gasteiger partial charge on any atom is 0.415 e. The molecule has 0 unspecified atom stereocenters. The van der Waals surface area contributed by atoms with Crippen LogP contribution in [0.3, 0.4) is 0 Å². The smallest absolute Gasteiger partial charge is 0.415 e. The molecule has 2 rings (SSSR count). The van der Waals surface area contributed by atoms with E-state index in [4.69, 9.17) is 9.47 Å². The van der Waals surface area contributed by atoms with Gasteiger partial charge in [0.2, 0.25) is 0 Å². The van der Waals surface area contributed by atoms with Gasteiger partial charge in [-0.1, -0.05) is 53.7 Å². The SMILES string of the molecule is CCN(CC)C(=O)Oc1c(C(C)(C)C)cc(C)c(C)c1-c1c(C)c(C)cc(C(C)(C)C)c1OC(C)=O. The number of nitrogens with zero attached hydrogens (tertiary/aromatic N) is 1. The number of carbonyl (C=O) groups excluding carboxylic acids is 2. The summed E-state index contributed by atoms with van der Waals surface area (Å²) in [6.07, 6.45) is -0.384. The molecule has 0 aliphatic heterocycles. The third-order valence-electron chi connectivity index (χ3n) is 6.92. The van der Waals surface area contributed by atoms with E-state index < -0.39 is 0 Å². The second-order valence-electron chi connectivity index (χ2n) is 11.8. The molecule has 1 amide bonds. The van der Waals surface area contributed by atoms with Gasteiger partial charge in [0, 0.05) is 42.3 Å². The van der Waals surface area contributed by atoms with E-state index in [0.717, 1.165) is 44.5 Å². The van der Waals surface area contributed by atoms with Gasteiger partial charge in [0.15, 0.2) is 0 Å². The van der Waals surface area contributed by atoms with Crippen LogP contribution in [0.5, 0.6) is 11.5 Å². The Bertz CT molecular complexity index is 1160. The molecule has 0 heterocycles. The van der Waals surface area contributed by atoms with E-state index in [1.807, 2.05) is 27.7 Å². The highest BCUT2D eigenvalue weighted by Gasteiger charge is 2.32. The van der Waals surface area contributed by atoms with Gasteiger partial charge in [0.05, 0.1) is 0 Å². The zero-order valence-corrected chi connectivity index (χ0v) is 24.6. The predicted octanol–water partition coefficient (Wildman–Crippen LogP) is 7.95. The standard InChI is InChI=1S/C31H45NO4/c1-14-32(15-2)29(34)36-28-24(31(11,12)13)17-19(4)21(6)26(28)25-20(5)18(3)16-23(30(8,9)10)27(25)35-22(7)33/h16-17H,14-15H2,1-13H3. The highest BCUT2D eigenvalue weighted by molar-refractivity contribution is 5.89. The monoisotopic (exact) mass is 495 g/mol. The van der Waals surface area contributed by atoms with Crippen LogP contribution in [0.25, 0.3) is 11.1 Å². The van der Waals surface area contributed by atoms with Crippen molar-refractivity contribution in [3.8, 4) is 22.6 Å². The van der Waals surface area contributed by atoms with Gasteiger partial charge in [-0.2, -0.15) is 0 Å². The molecule has 2 aromatic carbocycles. The van der Waals surface area contributed by atoms with Crippen LogP contribution in [0.4, 0.5) is 4.79 Å². The molecule has 0 radical (unpaired) electrons. The number of amides is 1. The van der Waals surface area contributed by atoms with Crippen LogP contribution in [0, 0.1) is 27.7 Å². The van der Waals surface area contributed by atoms with E-state index >= 15 is 0 Å². The summed E-state index contributed by atoms with van der Waals surface area (Å²) in [5, 5.41) is 0. The Hall–Kier alpha value is -2.82. The summed E-state index contributed by atoms with van der Waals surface area (Å²) in [7, 11) is 0. The summed E-state index contributed by atoms with van der Waals surface area (Å²) in [4.78, 5) is 27.3. The third-order valence-corrected chi connectivity index (χ3v) is 6.92. The highest BCUT2D eigenvalue weighted by Crippen LogP contribution is 2.50. The lowest BCUT2D eigenvalue weighted by molar-refractivity contribution is -0.131. The fourth-order valence-corrected chi connectivity index (χ4v) is 4.49. The van der Waals surface area contributed by atoms with Crippen LogP contribution in [0.15, 0.2) is 12.1 Å². The van der Waals surface area contributed by atoms with Crippen LogP contribution in [-0.2, 0) is 15.6 Å².